The Bertz CT molecular complexity index is 1100. The van der Waals surface area contributed by atoms with Gasteiger partial charge in [-0.05, 0) is 30.2 Å². The number of phosphoric ester groups is 1. The zero-order valence-electron chi connectivity index (χ0n) is 15.2. The normalized spacial score (nSPS) is 29.0. The van der Waals surface area contributed by atoms with E-state index in [9.17, 15) is 22.9 Å². The Hall–Kier alpha value is -2.17. The molecule has 4 atom stereocenters. The Morgan fingerprint density at radius 3 is 2.86 bits per heavy atom. The average molecular weight is 430 g/mol. The second kappa shape index (κ2) is 7.58. The number of fused-ring (bicyclic) bond motifs is 1. The minimum atomic E-state index is -3.92. The third-order valence-corrected chi connectivity index (χ3v) is 6.20. The molecular weight excluding hydrogens is 413 g/mol. The van der Waals surface area contributed by atoms with Gasteiger partial charge in [0.1, 0.15) is 24.3 Å². The van der Waals surface area contributed by atoms with E-state index in [1.54, 1.807) is 6.92 Å². The van der Waals surface area contributed by atoms with Gasteiger partial charge in [0.05, 0.1) is 19.4 Å². The van der Waals surface area contributed by atoms with Gasteiger partial charge >= 0.3 is 13.5 Å². The number of nitrogens with one attached hydrogen (secondary N) is 1. The first-order chi connectivity index (χ1) is 13.7. The summed E-state index contributed by atoms with van der Waals surface area (Å²) in [5.41, 5.74) is -0.732. The topological polar surface area (TPSA) is 109 Å². The number of benzene rings is 1. The van der Waals surface area contributed by atoms with Crippen LogP contribution in [0.25, 0.3) is 0 Å². The highest BCUT2D eigenvalue weighted by molar-refractivity contribution is 7.48. The number of hydrogen-bond donors (Lipinski definition) is 1. The molecule has 2 aliphatic heterocycles. The van der Waals surface area contributed by atoms with E-state index in [2.05, 4.69) is 0 Å². The summed E-state index contributed by atoms with van der Waals surface area (Å²) in [5, 5.41) is 0. The summed E-state index contributed by atoms with van der Waals surface area (Å²) in [5.74, 6) is -1.53. The lowest BCUT2D eigenvalue weighted by atomic mass is 10.1. The van der Waals surface area contributed by atoms with Gasteiger partial charge in [0.15, 0.2) is 0 Å². The molecule has 2 aliphatic rings. The fraction of sp³-hybridized carbons (Fsp3) is 0.412. The molecule has 0 bridgehead atoms. The number of H-pyrrole nitrogens is 1. The maximum Gasteiger partial charge on any atom is 0.475 e. The summed E-state index contributed by atoms with van der Waals surface area (Å²) in [6.07, 6.45) is -1.49. The average Bonchev–Trinajstić information content (AvgIpc) is 3.06. The second-order valence-corrected chi connectivity index (χ2v) is 8.36. The Morgan fingerprint density at radius 1 is 1.31 bits per heavy atom. The molecule has 0 saturated carbocycles. The zero-order valence-corrected chi connectivity index (χ0v) is 16.1. The maximum atomic E-state index is 13.5. The molecule has 1 aromatic carbocycles. The van der Waals surface area contributed by atoms with Gasteiger partial charge < -0.3 is 4.74 Å². The van der Waals surface area contributed by atoms with Crippen molar-refractivity contribution < 1.29 is 31.7 Å². The van der Waals surface area contributed by atoms with Crippen LogP contribution in [0.4, 0.5) is 8.78 Å². The van der Waals surface area contributed by atoms with Gasteiger partial charge in [0, 0.05) is 6.42 Å². The molecule has 29 heavy (non-hydrogen) atoms. The molecule has 1 aromatic heterocycles. The van der Waals surface area contributed by atoms with E-state index >= 15 is 0 Å². The molecule has 3 heterocycles. The highest BCUT2D eigenvalue weighted by atomic mass is 31.2. The Balaban J connectivity index is 1.45. The van der Waals surface area contributed by atoms with E-state index in [4.69, 9.17) is 18.3 Å². The molecule has 0 spiro atoms. The number of halogens is 2. The molecule has 2 saturated heterocycles. The van der Waals surface area contributed by atoms with Gasteiger partial charge in [0.2, 0.25) is 5.82 Å². The van der Waals surface area contributed by atoms with Gasteiger partial charge in [-0.3, -0.25) is 27.9 Å². The van der Waals surface area contributed by atoms with Crippen LogP contribution in [-0.4, -0.2) is 28.4 Å². The van der Waals surface area contributed by atoms with Crippen LogP contribution in [0, 0.1) is 18.6 Å². The van der Waals surface area contributed by atoms with E-state index < -0.39 is 49.1 Å². The Morgan fingerprint density at radius 2 is 2.10 bits per heavy atom. The van der Waals surface area contributed by atoms with Crippen LogP contribution < -0.4 is 11.2 Å². The van der Waals surface area contributed by atoms with Crippen molar-refractivity contribution in [3.8, 4) is 0 Å². The Labute approximate surface area is 162 Å². The second-order valence-electron chi connectivity index (χ2n) is 6.74. The number of ether oxygens (including phenoxy) is 1. The first-order valence-electron chi connectivity index (χ1n) is 8.73. The van der Waals surface area contributed by atoms with Crippen LogP contribution in [0.15, 0.2) is 34.0 Å². The molecule has 1 unspecified atom stereocenters. The number of nitrogens with zero attached hydrogens (tertiary/aromatic N) is 1. The zero-order chi connectivity index (χ0) is 20.8. The predicted octanol–water partition coefficient (Wildman–Crippen LogP) is 2.15. The maximum absolute atomic E-state index is 13.5. The third kappa shape index (κ3) is 4.10. The summed E-state index contributed by atoms with van der Waals surface area (Å²) < 4.78 is 62.0. The molecule has 2 fully saturated rings. The van der Waals surface area contributed by atoms with Gasteiger partial charge in [-0.15, -0.1) is 0 Å². The van der Waals surface area contributed by atoms with E-state index in [0.29, 0.717) is 11.1 Å². The Kier molecular flexibility index (Phi) is 5.26. The van der Waals surface area contributed by atoms with Crippen molar-refractivity contribution in [3.05, 3.63) is 68.0 Å². The van der Waals surface area contributed by atoms with E-state index in [1.807, 2.05) is 4.98 Å². The highest BCUT2D eigenvalue weighted by Crippen LogP contribution is 2.57. The minimum Gasteiger partial charge on any atom is -0.349 e. The van der Waals surface area contributed by atoms with Gasteiger partial charge in [-0.1, -0.05) is 6.07 Å². The lowest BCUT2D eigenvalue weighted by Gasteiger charge is -2.29. The summed E-state index contributed by atoms with van der Waals surface area (Å²) in [7, 11) is -3.92. The van der Waals surface area contributed by atoms with E-state index in [1.165, 1.54) is 18.2 Å². The van der Waals surface area contributed by atoms with Crippen molar-refractivity contribution >= 4 is 7.82 Å². The number of aryl methyl sites for hydroxylation is 1. The first kappa shape index (κ1) is 20.1. The van der Waals surface area contributed by atoms with Crippen LogP contribution in [0.5, 0.6) is 0 Å². The summed E-state index contributed by atoms with van der Waals surface area (Å²) >= 11 is 0. The summed E-state index contributed by atoms with van der Waals surface area (Å²) in [6, 6.07) is 4.09. The standard InChI is InChI=1S/C17H17F2N2O7P/c1-9-4-11(18)3-2-10(9)7-25-29(24)26-8-14-13(28-29)5-15(27-14)21-6-12(19)16(22)20-17(21)23/h2-4,6,13-15H,5,7-8H2,1H3,(H,20,22,23)/t13-,14+,15+,29?/m0/s1. The first-order valence-corrected chi connectivity index (χ1v) is 10.2. The predicted molar refractivity (Wildman–Crippen MR) is 94.2 cm³/mol. The van der Waals surface area contributed by atoms with Gasteiger partial charge in [0.25, 0.3) is 5.56 Å². The number of aromatic nitrogens is 2. The molecule has 156 valence electrons. The van der Waals surface area contributed by atoms with Crippen molar-refractivity contribution in [2.75, 3.05) is 6.61 Å². The molecule has 4 rings (SSSR count). The van der Waals surface area contributed by atoms with Crippen LogP contribution in [0.3, 0.4) is 0 Å². The quantitative estimate of drug-likeness (QED) is 0.741. The number of phosphoric acid groups is 1. The van der Waals surface area contributed by atoms with Crippen molar-refractivity contribution in [1.82, 2.24) is 9.55 Å². The summed E-state index contributed by atoms with van der Waals surface area (Å²) in [4.78, 5) is 24.9. The van der Waals surface area contributed by atoms with Crippen LogP contribution in [-0.2, 0) is 29.5 Å². The van der Waals surface area contributed by atoms with Crippen LogP contribution in [0.1, 0.15) is 23.8 Å². The molecule has 0 radical (unpaired) electrons. The monoisotopic (exact) mass is 430 g/mol. The molecular formula is C17H17F2N2O7P. The largest absolute Gasteiger partial charge is 0.475 e. The minimum absolute atomic E-state index is 0.0718. The van der Waals surface area contributed by atoms with Gasteiger partial charge in [-0.2, -0.15) is 4.39 Å². The fourth-order valence-electron chi connectivity index (χ4n) is 3.21. The lowest BCUT2D eigenvalue weighted by molar-refractivity contribution is -0.0731. The SMILES string of the molecule is Cc1cc(F)ccc1COP1(=O)OC[C@H]2O[C@@H](n3cc(F)c(=O)[nH]c3=O)C[C@@H]2O1. The van der Waals surface area contributed by atoms with Gasteiger partial charge in [-0.25, -0.2) is 13.8 Å². The number of aromatic amines is 1. The van der Waals surface area contributed by atoms with Crippen LogP contribution in [0.2, 0.25) is 0 Å². The number of hydrogen-bond acceptors (Lipinski definition) is 7. The fourth-order valence-corrected chi connectivity index (χ4v) is 4.58. The van der Waals surface area contributed by atoms with Crippen molar-refractivity contribution in [2.24, 2.45) is 0 Å². The number of rotatable bonds is 4. The highest BCUT2D eigenvalue weighted by Gasteiger charge is 2.48. The molecule has 12 heteroatoms. The molecule has 9 nitrogen and oxygen atoms in total. The van der Waals surface area contributed by atoms with Crippen molar-refractivity contribution in [1.29, 1.82) is 0 Å². The van der Waals surface area contributed by atoms with Crippen molar-refractivity contribution in [3.63, 3.8) is 0 Å². The smallest absolute Gasteiger partial charge is 0.349 e. The van der Waals surface area contributed by atoms with E-state index in [0.717, 1.165) is 10.8 Å². The molecule has 1 N–H and O–H groups in total. The molecule has 0 aliphatic carbocycles. The molecule has 2 aromatic rings. The van der Waals surface area contributed by atoms with Crippen LogP contribution >= 0.6 is 7.82 Å². The van der Waals surface area contributed by atoms with Crippen molar-refractivity contribution in [2.45, 2.75) is 38.4 Å². The van der Waals surface area contributed by atoms with E-state index in [-0.39, 0.29) is 19.6 Å². The molecule has 0 amide bonds. The lowest BCUT2D eigenvalue weighted by Crippen LogP contribution is -2.34. The third-order valence-electron chi connectivity index (χ3n) is 4.76. The summed E-state index contributed by atoms with van der Waals surface area (Å²) in [6.45, 7) is 1.45.